The molecule has 1 atom stereocenters. The largest absolute Gasteiger partial charge is 0.493 e. The molecule has 0 saturated carbocycles. The maximum Gasteiger partial charge on any atom is 0.255 e. The van der Waals surface area contributed by atoms with Gasteiger partial charge in [-0.25, -0.2) is 0 Å². The highest BCUT2D eigenvalue weighted by Gasteiger charge is 2.26. The number of hydrogen-bond acceptors (Lipinski definition) is 12. The number of amides is 1. The minimum absolute atomic E-state index is 0.104. The molecule has 5 aromatic rings. The van der Waals surface area contributed by atoms with E-state index in [0.717, 1.165) is 61.8 Å². The number of aryl methyl sites for hydroxylation is 1. The van der Waals surface area contributed by atoms with E-state index in [2.05, 4.69) is 15.8 Å². The Balaban J connectivity index is 0.933. The van der Waals surface area contributed by atoms with Crippen molar-refractivity contribution in [1.29, 1.82) is 0 Å². The van der Waals surface area contributed by atoms with Gasteiger partial charge >= 0.3 is 0 Å². The first-order valence-electron chi connectivity index (χ1n) is 19.5. The summed E-state index contributed by atoms with van der Waals surface area (Å²) in [6, 6.07) is 20.7. The molecule has 0 spiro atoms. The lowest BCUT2D eigenvalue weighted by atomic mass is 10.0. The van der Waals surface area contributed by atoms with Crippen LogP contribution in [0.15, 0.2) is 71.3 Å². The van der Waals surface area contributed by atoms with Crippen LogP contribution in [-0.2, 0) is 0 Å². The van der Waals surface area contributed by atoms with Crippen LogP contribution in [0.25, 0.3) is 22.6 Å². The average Bonchev–Trinajstić information content (AvgIpc) is 3.75. The van der Waals surface area contributed by atoms with Gasteiger partial charge in [0.05, 0.1) is 61.4 Å². The molecule has 2 N–H and O–H groups in total. The molecule has 0 radical (unpaired) electrons. The van der Waals surface area contributed by atoms with Gasteiger partial charge in [0.1, 0.15) is 11.9 Å². The Kier molecular flexibility index (Phi) is 14.1. The molecule has 1 unspecified atom stereocenters. The average molecular weight is 796 g/mol. The summed E-state index contributed by atoms with van der Waals surface area (Å²) >= 11 is 0. The van der Waals surface area contributed by atoms with Crippen molar-refractivity contribution in [3.8, 4) is 68.6 Å². The first-order chi connectivity index (χ1) is 28.3. The van der Waals surface area contributed by atoms with Crippen molar-refractivity contribution < 1.29 is 47.2 Å². The van der Waals surface area contributed by atoms with Gasteiger partial charge in [-0.2, -0.15) is 0 Å². The number of fused-ring (bicyclic) bond motifs is 1. The summed E-state index contributed by atoms with van der Waals surface area (Å²) in [4.78, 5) is 12.7. The fourth-order valence-electron chi connectivity index (χ4n) is 6.97. The Hall–Kier alpha value is -6.24. The molecule has 1 aliphatic rings. The summed E-state index contributed by atoms with van der Waals surface area (Å²) in [6.07, 6.45) is 6.92. The third kappa shape index (κ3) is 9.47. The van der Waals surface area contributed by atoms with Crippen LogP contribution in [0, 0.1) is 6.92 Å². The molecule has 0 aliphatic carbocycles. The van der Waals surface area contributed by atoms with Gasteiger partial charge in [-0.3, -0.25) is 4.79 Å². The maximum absolute atomic E-state index is 12.7. The van der Waals surface area contributed by atoms with Crippen molar-refractivity contribution in [1.82, 2.24) is 10.5 Å². The number of nitrogens with zero attached hydrogens (tertiary/aromatic N) is 1. The highest BCUT2D eigenvalue weighted by atomic mass is 16.5. The quantitative estimate of drug-likeness (QED) is 0.0684. The molecule has 1 aliphatic heterocycles. The number of benzene rings is 4. The topological polar surface area (TPSA) is 141 Å². The minimum atomic E-state index is -0.364. The molecule has 58 heavy (non-hydrogen) atoms. The molecular formula is C45H53N3O10. The number of hydrogen-bond donors (Lipinski definition) is 2. The van der Waals surface area contributed by atoms with Crippen LogP contribution in [0.3, 0.4) is 0 Å². The monoisotopic (exact) mass is 795 g/mol. The molecule has 1 amide bonds. The molecule has 4 aromatic carbocycles. The zero-order valence-corrected chi connectivity index (χ0v) is 34.3. The predicted octanol–water partition coefficient (Wildman–Crippen LogP) is 9.41. The molecule has 308 valence electrons. The molecule has 13 nitrogen and oxygen atoms in total. The lowest BCUT2D eigenvalue weighted by Gasteiger charge is -2.28. The molecular weight excluding hydrogens is 743 g/mol. The van der Waals surface area contributed by atoms with E-state index in [-0.39, 0.29) is 12.1 Å². The van der Waals surface area contributed by atoms with Gasteiger partial charge in [-0.1, -0.05) is 55.0 Å². The van der Waals surface area contributed by atoms with Crippen LogP contribution in [0.4, 0.5) is 5.69 Å². The second-order valence-electron chi connectivity index (χ2n) is 13.9. The number of aromatic nitrogens is 1. The van der Waals surface area contributed by atoms with E-state index in [1.807, 2.05) is 61.5 Å². The Morgan fingerprint density at radius 1 is 0.569 bits per heavy atom. The van der Waals surface area contributed by atoms with Crippen LogP contribution in [-0.4, -0.2) is 66.9 Å². The van der Waals surface area contributed by atoms with Crippen molar-refractivity contribution in [3.63, 3.8) is 0 Å². The summed E-state index contributed by atoms with van der Waals surface area (Å²) in [7, 11) is 9.52. The summed E-state index contributed by atoms with van der Waals surface area (Å²) < 4.78 is 51.7. The number of carbonyl (C=O) groups is 1. The molecule has 6 rings (SSSR count). The zero-order valence-electron chi connectivity index (χ0n) is 34.3. The number of unbranched alkanes of at least 4 members (excludes halogenated alkanes) is 6. The third-order valence-corrected chi connectivity index (χ3v) is 10.0. The number of nitrogens with one attached hydrogen (secondary N) is 2. The lowest BCUT2D eigenvalue weighted by Crippen LogP contribution is -2.38. The van der Waals surface area contributed by atoms with Gasteiger partial charge in [-0.15, -0.1) is 0 Å². The van der Waals surface area contributed by atoms with Gasteiger partial charge < -0.3 is 53.1 Å². The summed E-state index contributed by atoms with van der Waals surface area (Å²) in [5.74, 6) is 4.83. The minimum Gasteiger partial charge on any atom is -0.493 e. The van der Waals surface area contributed by atoms with Crippen molar-refractivity contribution in [3.05, 3.63) is 83.4 Å². The van der Waals surface area contributed by atoms with Gasteiger partial charge in [0, 0.05) is 22.9 Å². The van der Waals surface area contributed by atoms with Gasteiger partial charge in [0.15, 0.2) is 40.3 Å². The van der Waals surface area contributed by atoms with E-state index in [1.54, 1.807) is 54.8 Å². The standard InChI is InChI=1S/C45H53N3O10/c1-28-15-18-33-32(23-28)45(49)47-44(46-33)29-16-19-35(38(24-29)51-3)56-21-13-11-9-8-10-12-14-22-57-43-36(50-2)20-17-31(41(43)54-6)34-27-37(58-48-34)30-25-39(52-4)42(55-7)40(26-30)53-5/h15-20,23-27,44,46H,8-14,21-22H2,1-7H3,(H,47,49). The van der Waals surface area contributed by atoms with E-state index in [1.165, 1.54) is 0 Å². The van der Waals surface area contributed by atoms with E-state index in [9.17, 15) is 4.79 Å². The molecule has 0 saturated heterocycles. The zero-order chi connectivity index (χ0) is 41.0. The van der Waals surface area contributed by atoms with Crippen LogP contribution in [0.1, 0.15) is 72.6 Å². The summed E-state index contributed by atoms with van der Waals surface area (Å²) in [6.45, 7) is 3.08. The second-order valence-corrected chi connectivity index (χ2v) is 13.9. The highest BCUT2D eigenvalue weighted by molar-refractivity contribution is 6.02. The van der Waals surface area contributed by atoms with Crippen molar-refractivity contribution in [2.45, 2.75) is 58.0 Å². The Bertz CT molecular complexity index is 2140. The van der Waals surface area contributed by atoms with Crippen molar-refractivity contribution >= 4 is 11.6 Å². The van der Waals surface area contributed by atoms with Crippen LogP contribution in [0.2, 0.25) is 0 Å². The fourth-order valence-corrected chi connectivity index (χ4v) is 6.97. The molecule has 1 aromatic heterocycles. The van der Waals surface area contributed by atoms with Crippen molar-refractivity contribution in [2.75, 3.05) is 61.2 Å². The number of methoxy groups -OCH3 is 6. The second kappa shape index (κ2) is 19.8. The van der Waals surface area contributed by atoms with Gasteiger partial charge in [0.25, 0.3) is 5.91 Å². The Labute approximate surface area is 339 Å². The van der Waals surface area contributed by atoms with E-state index in [0.29, 0.717) is 87.4 Å². The van der Waals surface area contributed by atoms with Gasteiger partial charge in [0.2, 0.25) is 11.5 Å². The lowest BCUT2D eigenvalue weighted by molar-refractivity contribution is 0.0935. The number of anilines is 1. The number of ether oxygens (including phenoxy) is 8. The number of carbonyl (C=O) groups excluding carboxylic acids is 1. The van der Waals surface area contributed by atoms with Crippen molar-refractivity contribution in [2.24, 2.45) is 0 Å². The van der Waals surface area contributed by atoms with Crippen LogP contribution >= 0.6 is 0 Å². The maximum atomic E-state index is 12.7. The predicted molar refractivity (Wildman–Crippen MR) is 221 cm³/mol. The molecule has 13 heteroatoms. The summed E-state index contributed by atoms with van der Waals surface area (Å²) in [5, 5.41) is 10.8. The molecule has 0 bridgehead atoms. The van der Waals surface area contributed by atoms with Crippen LogP contribution in [0.5, 0.6) is 46.0 Å². The fraction of sp³-hybridized carbons (Fsp3) is 0.378. The van der Waals surface area contributed by atoms with Gasteiger partial charge in [-0.05, 0) is 73.9 Å². The van der Waals surface area contributed by atoms with E-state index >= 15 is 0 Å². The highest BCUT2D eigenvalue weighted by Crippen LogP contribution is 2.46. The van der Waals surface area contributed by atoms with Crippen LogP contribution < -0.4 is 48.5 Å². The summed E-state index contributed by atoms with van der Waals surface area (Å²) in [5.41, 5.74) is 5.36. The SMILES string of the molecule is COc1cc(C2NC(=O)c3cc(C)ccc3N2)ccc1OCCCCCCCCCOc1c(OC)ccc(-c2cc(-c3cc(OC)c(OC)c(OC)c3)on2)c1OC. The molecule has 2 heterocycles. The normalized spacial score (nSPS) is 13.2. The first kappa shape index (κ1) is 41.4. The van der Waals surface area contributed by atoms with E-state index in [4.69, 9.17) is 42.4 Å². The van der Waals surface area contributed by atoms with E-state index < -0.39 is 0 Å². The molecule has 0 fully saturated rings. The first-order valence-corrected chi connectivity index (χ1v) is 19.5. The number of rotatable bonds is 21. The smallest absolute Gasteiger partial charge is 0.255 e. The Morgan fingerprint density at radius 3 is 1.86 bits per heavy atom. The third-order valence-electron chi connectivity index (χ3n) is 10.0. The Morgan fingerprint density at radius 2 is 1.21 bits per heavy atom.